The Kier molecular flexibility index (Phi) is 6.60. The molecule has 2 heterocycles. The molecular weight excluding hydrogens is 330 g/mol. The first-order valence-electron chi connectivity index (χ1n) is 8.03. The van der Waals surface area contributed by atoms with Gasteiger partial charge in [-0.15, -0.1) is 11.3 Å². The summed E-state index contributed by atoms with van der Waals surface area (Å²) in [6.07, 6.45) is -0.0618. The number of rotatable bonds is 5. The summed E-state index contributed by atoms with van der Waals surface area (Å²) in [6, 6.07) is 3.21. The number of nitrogens with zero attached hydrogens (tertiary/aromatic N) is 2. The molecule has 1 atom stereocenters. The zero-order chi connectivity index (χ0) is 17.5. The molecule has 3 amide bonds. The maximum atomic E-state index is 12.4. The van der Waals surface area contributed by atoms with Crippen LogP contribution in [0.15, 0.2) is 17.5 Å². The van der Waals surface area contributed by atoms with Gasteiger partial charge in [0.15, 0.2) is 0 Å². The molecule has 1 saturated heterocycles. The molecule has 0 bridgehead atoms. The van der Waals surface area contributed by atoms with E-state index in [0.29, 0.717) is 32.8 Å². The predicted octanol–water partition coefficient (Wildman–Crippen LogP) is 1.10. The molecule has 2 rings (SSSR count). The smallest absolute Gasteiger partial charge is 0.409 e. The van der Waals surface area contributed by atoms with E-state index in [1.165, 1.54) is 11.3 Å². The van der Waals surface area contributed by atoms with Gasteiger partial charge in [0.1, 0.15) is 6.04 Å². The summed E-state index contributed by atoms with van der Waals surface area (Å²) in [5, 5.41) is 4.66. The first kappa shape index (κ1) is 18.3. The average Bonchev–Trinajstić information content (AvgIpc) is 3.07. The predicted molar refractivity (Wildman–Crippen MR) is 90.8 cm³/mol. The third kappa shape index (κ3) is 4.95. The van der Waals surface area contributed by atoms with Crippen molar-refractivity contribution in [1.82, 2.24) is 15.1 Å². The van der Waals surface area contributed by atoms with E-state index < -0.39 is 6.04 Å². The van der Waals surface area contributed by atoms with Crippen LogP contribution < -0.4 is 5.32 Å². The number of piperazine rings is 1. The Morgan fingerprint density at radius 3 is 2.50 bits per heavy atom. The quantitative estimate of drug-likeness (QED) is 0.860. The fraction of sp³-hybridized carbons (Fsp3) is 0.562. The molecule has 7 nitrogen and oxygen atoms in total. The molecule has 0 aromatic carbocycles. The number of thiophene rings is 1. The van der Waals surface area contributed by atoms with Gasteiger partial charge in [-0.25, -0.2) is 4.79 Å². The maximum absolute atomic E-state index is 12.4. The SMILES string of the molecule is CCOC(=O)N1CCN(C(=O)[C@H](C)NC(=O)Cc2cccs2)CC1. The van der Waals surface area contributed by atoms with E-state index in [4.69, 9.17) is 4.74 Å². The van der Waals surface area contributed by atoms with Gasteiger partial charge in [0.05, 0.1) is 13.0 Å². The lowest BCUT2D eigenvalue weighted by atomic mass is 10.2. The van der Waals surface area contributed by atoms with Crippen molar-refractivity contribution >= 4 is 29.2 Å². The number of carbonyl (C=O) groups is 3. The highest BCUT2D eigenvalue weighted by molar-refractivity contribution is 7.10. The van der Waals surface area contributed by atoms with Crippen molar-refractivity contribution in [2.75, 3.05) is 32.8 Å². The molecule has 1 aliphatic rings. The van der Waals surface area contributed by atoms with Crippen LogP contribution in [0.1, 0.15) is 18.7 Å². The molecule has 1 N–H and O–H groups in total. The Morgan fingerprint density at radius 2 is 1.92 bits per heavy atom. The molecule has 0 spiro atoms. The summed E-state index contributed by atoms with van der Waals surface area (Å²) in [5.74, 6) is -0.290. The molecule has 0 radical (unpaired) electrons. The van der Waals surface area contributed by atoms with Gasteiger partial charge in [-0.1, -0.05) is 6.07 Å². The summed E-state index contributed by atoms with van der Waals surface area (Å²) in [6.45, 7) is 5.57. The third-order valence-electron chi connectivity index (χ3n) is 3.78. The monoisotopic (exact) mass is 353 g/mol. The van der Waals surface area contributed by atoms with Crippen molar-refractivity contribution in [3.63, 3.8) is 0 Å². The van der Waals surface area contributed by atoms with Crippen molar-refractivity contribution in [3.8, 4) is 0 Å². The van der Waals surface area contributed by atoms with E-state index in [9.17, 15) is 14.4 Å². The topological polar surface area (TPSA) is 79.0 Å². The lowest BCUT2D eigenvalue weighted by Crippen LogP contribution is -2.55. The van der Waals surface area contributed by atoms with Crippen molar-refractivity contribution in [3.05, 3.63) is 22.4 Å². The van der Waals surface area contributed by atoms with Gasteiger partial charge < -0.3 is 19.9 Å². The van der Waals surface area contributed by atoms with Gasteiger partial charge in [0.2, 0.25) is 11.8 Å². The van der Waals surface area contributed by atoms with Gasteiger partial charge in [0, 0.05) is 31.1 Å². The lowest BCUT2D eigenvalue weighted by Gasteiger charge is -2.35. The van der Waals surface area contributed by atoms with Crippen LogP contribution in [0.3, 0.4) is 0 Å². The number of hydrogen-bond acceptors (Lipinski definition) is 5. The highest BCUT2D eigenvalue weighted by Gasteiger charge is 2.28. The standard InChI is InChI=1S/C16H23N3O4S/c1-3-23-16(22)19-8-6-18(7-9-19)15(21)12(2)17-14(20)11-13-5-4-10-24-13/h4-5,10,12H,3,6-9,11H2,1-2H3,(H,17,20)/t12-/m0/s1. The third-order valence-corrected chi connectivity index (χ3v) is 4.66. The molecule has 1 aromatic heterocycles. The Morgan fingerprint density at radius 1 is 1.25 bits per heavy atom. The van der Waals surface area contributed by atoms with Crippen LogP contribution in [-0.4, -0.2) is 66.5 Å². The molecule has 1 aromatic rings. The van der Waals surface area contributed by atoms with Crippen LogP contribution in [0.2, 0.25) is 0 Å². The second-order valence-electron chi connectivity index (χ2n) is 5.56. The minimum absolute atomic E-state index is 0.127. The Bertz CT molecular complexity index is 568. The van der Waals surface area contributed by atoms with Crippen LogP contribution in [0, 0.1) is 0 Å². The minimum Gasteiger partial charge on any atom is -0.450 e. The van der Waals surface area contributed by atoms with Gasteiger partial charge in [0.25, 0.3) is 0 Å². The second-order valence-corrected chi connectivity index (χ2v) is 6.59. The van der Waals surface area contributed by atoms with Gasteiger partial charge >= 0.3 is 6.09 Å². The van der Waals surface area contributed by atoms with E-state index in [-0.39, 0.29) is 24.3 Å². The summed E-state index contributed by atoms with van der Waals surface area (Å²) in [7, 11) is 0. The molecule has 24 heavy (non-hydrogen) atoms. The summed E-state index contributed by atoms with van der Waals surface area (Å²) in [5.41, 5.74) is 0. The fourth-order valence-corrected chi connectivity index (χ4v) is 3.23. The largest absolute Gasteiger partial charge is 0.450 e. The second kappa shape index (κ2) is 8.68. The van der Waals surface area contributed by atoms with E-state index in [0.717, 1.165) is 4.88 Å². The molecule has 0 saturated carbocycles. The summed E-state index contributed by atoms with van der Waals surface area (Å²) in [4.78, 5) is 40.3. The number of ether oxygens (including phenoxy) is 1. The van der Waals surface area contributed by atoms with Gasteiger partial charge in [-0.2, -0.15) is 0 Å². The highest BCUT2D eigenvalue weighted by Crippen LogP contribution is 2.10. The highest BCUT2D eigenvalue weighted by atomic mass is 32.1. The Balaban J connectivity index is 1.77. The summed E-state index contributed by atoms with van der Waals surface area (Å²) >= 11 is 1.52. The molecule has 8 heteroatoms. The molecule has 1 aliphatic heterocycles. The van der Waals surface area contributed by atoms with Crippen molar-refractivity contribution in [1.29, 1.82) is 0 Å². The van der Waals surface area contributed by atoms with Crippen LogP contribution in [0.5, 0.6) is 0 Å². The number of nitrogens with one attached hydrogen (secondary N) is 1. The van der Waals surface area contributed by atoms with Crippen LogP contribution in [0.4, 0.5) is 4.79 Å². The Hall–Kier alpha value is -2.09. The zero-order valence-corrected chi connectivity index (χ0v) is 14.8. The number of carbonyl (C=O) groups excluding carboxylic acids is 3. The first-order chi connectivity index (χ1) is 11.5. The zero-order valence-electron chi connectivity index (χ0n) is 14.0. The normalized spacial score (nSPS) is 15.8. The molecular formula is C16H23N3O4S. The van der Waals surface area contributed by atoms with E-state index in [1.54, 1.807) is 23.6 Å². The first-order valence-corrected chi connectivity index (χ1v) is 8.91. The molecule has 1 fully saturated rings. The fourth-order valence-electron chi connectivity index (χ4n) is 2.52. The number of hydrogen-bond donors (Lipinski definition) is 1. The summed E-state index contributed by atoms with van der Waals surface area (Å²) < 4.78 is 4.95. The molecule has 0 unspecified atom stereocenters. The number of amides is 3. The van der Waals surface area contributed by atoms with Crippen LogP contribution in [0.25, 0.3) is 0 Å². The average molecular weight is 353 g/mol. The maximum Gasteiger partial charge on any atom is 0.409 e. The van der Waals surface area contributed by atoms with Crippen molar-refractivity contribution < 1.29 is 19.1 Å². The molecule has 132 valence electrons. The van der Waals surface area contributed by atoms with Crippen LogP contribution in [-0.2, 0) is 20.7 Å². The minimum atomic E-state index is -0.577. The van der Waals surface area contributed by atoms with Crippen molar-refractivity contribution in [2.45, 2.75) is 26.3 Å². The van der Waals surface area contributed by atoms with E-state index in [1.807, 2.05) is 17.5 Å². The Labute approximate surface area is 145 Å². The van der Waals surface area contributed by atoms with Crippen LogP contribution >= 0.6 is 11.3 Å². The van der Waals surface area contributed by atoms with E-state index >= 15 is 0 Å². The van der Waals surface area contributed by atoms with Crippen molar-refractivity contribution in [2.24, 2.45) is 0 Å². The van der Waals surface area contributed by atoms with Gasteiger partial charge in [-0.05, 0) is 25.3 Å². The lowest BCUT2D eigenvalue weighted by molar-refractivity contribution is -0.137. The van der Waals surface area contributed by atoms with E-state index in [2.05, 4.69) is 5.32 Å². The molecule has 0 aliphatic carbocycles. The van der Waals surface area contributed by atoms with Gasteiger partial charge in [-0.3, -0.25) is 9.59 Å².